The minimum atomic E-state index is -0.145. The summed E-state index contributed by atoms with van der Waals surface area (Å²) in [5.41, 5.74) is 1.35. The molecule has 4 nitrogen and oxygen atoms in total. The van der Waals surface area contributed by atoms with Gasteiger partial charge in [-0.05, 0) is 24.6 Å². The van der Waals surface area contributed by atoms with Crippen molar-refractivity contribution < 1.29 is 19.0 Å². The van der Waals surface area contributed by atoms with Gasteiger partial charge in [-0.2, -0.15) is 0 Å². The molecular formula is C15H18O4. The van der Waals surface area contributed by atoms with Crippen LogP contribution in [0.4, 0.5) is 0 Å². The second-order valence-electron chi connectivity index (χ2n) is 4.60. The molecule has 0 radical (unpaired) electrons. The number of carbonyl (C=O) groups is 1. The van der Waals surface area contributed by atoms with Crippen molar-refractivity contribution in [3.8, 4) is 11.5 Å². The van der Waals surface area contributed by atoms with E-state index in [1.165, 1.54) is 6.26 Å². The number of allylic oxidation sites excluding steroid dienone is 1. The SMILES string of the molecule is COc1ccc(C2=COC(C)[C@H](C)C2=O)cc1OC. The highest BCUT2D eigenvalue weighted by Crippen LogP contribution is 2.33. The van der Waals surface area contributed by atoms with Crippen molar-refractivity contribution in [1.82, 2.24) is 0 Å². The number of benzene rings is 1. The lowest BCUT2D eigenvalue weighted by atomic mass is 9.89. The van der Waals surface area contributed by atoms with Crippen LogP contribution in [0.15, 0.2) is 24.5 Å². The van der Waals surface area contributed by atoms with Gasteiger partial charge in [-0.15, -0.1) is 0 Å². The molecule has 1 heterocycles. The minimum absolute atomic E-state index is 0.0867. The van der Waals surface area contributed by atoms with Crippen molar-refractivity contribution in [2.24, 2.45) is 5.92 Å². The summed E-state index contributed by atoms with van der Waals surface area (Å²) in [6.45, 7) is 3.77. The number of methoxy groups -OCH3 is 2. The maximum absolute atomic E-state index is 12.3. The number of hydrogen-bond donors (Lipinski definition) is 0. The summed E-state index contributed by atoms with van der Waals surface area (Å²) in [5, 5.41) is 0. The van der Waals surface area contributed by atoms with Crippen molar-refractivity contribution in [1.29, 1.82) is 0 Å². The van der Waals surface area contributed by atoms with Crippen molar-refractivity contribution in [2.45, 2.75) is 20.0 Å². The number of Topliss-reactive ketones (excluding diaryl/α,β-unsaturated/α-hetero) is 1. The Bertz CT molecular complexity index is 519. The Kier molecular flexibility index (Phi) is 3.79. The number of hydrogen-bond acceptors (Lipinski definition) is 4. The van der Waals surface area contributed by atoms with Crippen LogP contribution in [0.25, 0.3) is 5.57 Å². The molecule has 0 amide bonds. The molecule has 1 aliphatic rings. The van der Waals surface area contributed by atoms with Crippen LogP contribution >= 0.6 is 0 Å². The van der Waals surface area contributed by atoms with E-state index in [0.29, 0.717) is 17.1 Å². The number of carbonyl (C=O) groups excluding carboxylic acids is 1. The van der Waals surface area contributed by atoms with E-state index in [-0.39, 0.29) is 17.8 Å². The highest BCUT2D eigenvalue weighted by molar-refractivity contribution is 6.22. The molecule has 1 aromatic carbocycles. The lowest BCUT2D eigenvalue weighted by molar-refractivity contribution is -0.121. The van der Waals surface area contributed by atoms with Gasteiger partial charge >= 0.3 is 0 Å². The minimum Gasteiger partial charge on any atom is -0.497 e. The molecule has 2 atom stereocenters. The Morgan fingerprint density at radius 1 is 1.11 bits per heavy atom. The third-order valence-electron chi connectivity index (χ3n) is 3.48. The molecule has 0 bridgehead atoms. The summed E-state index contributed by atoms with van der Waals surface area (Å²) in [6, 6.07) is 5.40. The number of ether oxygens (including phenoxy) is 3. The summed E-state index contributed by atoms with van der Waals surface area (Å²) in [4.78, 5) is 12.3. The zero-order valence-corrected chi connectivity index (χ0v) is 11.6. The topological polar surface area (TPSA) is 44.8 Å². The van der Waals surface area contributed by atoms with E-state index in [1.54, 1.807) is 26.4 Å². The lowest BCUT2D eigenvalue weighted by Gasteiger charge is -2.25. The van der Waals surface area contributed by atoms with Gasteiger partial charge in [-0.1, -0.05) is 13.0 Å². The number of ketones is 1. The van der Waals surface area contributed by atoms with Crippen LogP contribution in [-0.2, 0) is 9.53 Å². The molecule has 1 unspecified atom stereocenters. The summed E-state index contributed by atoms with van der Waals surface area (Å²) >= 11 is 0. The fourth-order valence-corrected chi connectivity index (χ4v) is 2.02. The zero-order valence-electron chi connectivity index (χ0n) is 11.6. The molecule has 0 aromatic heterocycles. The van der Waals surface area contributed by atoms with Crippen LogP contribution in [0.2, 0.25) is 0 Å². The monoisotopic (exact) mass is 262 g/mol. The van der Waals surface area contributed by atoms with Crippen LogP contribution in [0, 0.1) is 5.92 Å². The zero-order chi connectivity index (χ0) is 14.0. The third kappa shape index (κ3) is 2.43. The molecule has 0 saturated heterocycles. The van der Waals surface area contributed by atoms with Crippen LogP contribution < -0.4 is 9.47 Å². The smallest absolute Gasteiger partial charge is 0.173 e. The second kappa shape index (κ2) is 5.34. The summed E-state index contributed by atoms with van der Waals surface area (Å²) < 4.78 is 15.9. The first kappa shape index (κ1) is 13.5. The molecule has 0 saturated carbocycles. The Morgan fingerprint density at radius 2 is 1.79 bits per heavy atom. The molecule has 0 aliphatic carbocycles. The average molecular weight is 262 g/mol. The molecule has 0 spiro atoms. The maximum Gasteiger partial charge on any atom is 0.173 e. The third-order valence-corrected chi connectivity index (χ3v) is 3.48. The fraction of sp³-hybridized carbons (Fsp3) is 0.400. The van der Waals surface area contributed by atoms with Gasteiger partial charge in [-0.3, -0.25) is 4.79 Å². The van der Waals surface area contributed by atoms with Crippen molar-refractivity contribution in [3.63, 3.8) is 0 Å². The van der Waals surface area contributed by atoms with Gasteiger partial charge in [-0.25, -0.2) is 0 Å². The van der Waals surface area contributed by atoms with E-state index < -0.39 is 0 Å². The van der Waals surface area contributed by atoms with Crippen molar-refractivity contribution in [3.05, 3.63) is 30.0 Å². The van der Waals surface area contributed by atoms with E-state index in [4.69, 9.17) is 14.2 Å². The first-order valence-corrected chi connectivity index (χ1v) is 6.20. The molecule has 0 fully saturated rings. The van der Waals surface area contributed by atoms with Gasteiger partial charge in [0, 0.05) is 0 Å². The highest BCUT2D eigenvalue weighted by atomic mass is 16.5. The Hall–Kier alpha value is -1.97. The van der Waals surface area contributed by atoms with E-state index in [1.807, 2.05) is 19.9 Å². The van der Waals surface area contributed by atoms with Gasteiger partial charge in [0.15, 0.2) is 17.3 Å². The average Bonchev–Trinajstić information content (AvgIpc) is 2.44. The predicted molar refractivity (Wildman–Crippen MR) is 72.2 cm³/mol. The lowest BCUT2D eigenvalue weighted by Crippen LogP contribution is -2.29. The van der Waals surface area contributed by atoms with E-state index in [2.05, 4.69) is 0 Å². The molecule has 19 heavy (non-hydrogen) atoms. The van der Waals surface area contributed by atoms with Crippen molar-refractivity contribution >= 4 is 11.4 Å². The fourth-order valence-electron chi connectivity index (χ4n) is 2.02. The Morgan fingerprint density at radius 3 is 2.42 bits per heavy atom. The van der Waals surface area contributed by atoms with E-state index >= 15 is 0 Å². The largest absolute Gasteiger partial charge is 0.497 e. The van der Waals surface area contributed by atoms with Crippen LogP contribution in [0.3, 0.4) is 0 Å². The standard InChI is InChI=1S/C15H18O4/c1-9-10(2)19-8-12(15(9)16)11-5-6-13(17-3)14(7-11)18-4/h5-10H,1-4H3/t9-,10?/m0/s1. The molecule has 102 valence electrons. The van der Waals surface area contributed by atoms with Gasteiger partial charge in [0.2, 0.25) is 0 Å². The van der Waals surface area contributed by atoms with E-state index in [9.17, 15) is 4.79 Å². The molecule has 1 aromatic rings. The molecule has 4 heteroatoms. The first-order valence-electron chi connectivity index (χ1n) is 6.20. The maximum atomic E-state index is 12.3. The van der Waals surface area contributed by atoms with Crippen LogP contribution in [0.5, 0.6) is 11.5 Å². The van der Waals surface area contributed by atoms with Crippen LogP contribution in [-0.4, -0.2) is 26.1 Å². The summed E-state index contributed by atoms with van der Waals surface area (Å²) in [7, 11) is 3.15. The quantitative estimate of drug-likeness (QED) is 0.840. The van der Waals surface area contributed by atoms with E-state index in [0.717, 1.165) is 5.56 Å². The number of rotatable bonds is 3. The summed E-state index contributed by atoms with van der Waals surface area (Å²) in [6.07, 6.45) is 1.45. The van der Waals surface area contributed by atoms with Gasteiger partial charge in [0.1, 0.15) is 6.10 Å². The Labute approximate surface area is 113 Å². The summed E-state index contributed by atoms with van der Waals surface area (Å²) in [5.74, 6) is 1.18. The predicted octanol–water partition coefficient (Wildman–Crippen LogP) is 2.67. The van der Waals surface area contributed by atoms with Gasteiger partial charge in [0.25, 0.3) is 0 Å². The molecule has 2 rings (SSSR count). The first-order chi connectivity index (χ1) is 9.08. The molecule has 1 aliphatic heterocycles. The Balaban J connectivity index is 2.40. The molecular weight excluding hydrogens is 244 g/mol. The molecule has 0 N–H and O–H groups in total. The highest BCUT2D eigenvalue weighted by Gasteiger charge is 2.29. The second-order valence-corrected chi connectivity index (χ2v) is 4.60. The van der Waals surface area contributed by atoms with Gasteiger partial charge < -0.3 is 14.2 Å². The van der Waals surface area contributed by atoms with Crippen LogP contribution in [0.1, 0.15) is 19.4 Å². The normalized spacial score (nSPS) is 22.5. The van der Waals surface area contributed by atoms with Crippen molar-refractivity contribution in [2.75, 3.05) is 14.2 Å². The van der Waals surface area contributed by atoms with Gasteiger partial charge in [0.05, 0.1) is 32.0 Å².